The van der Waals surface area contributed by atoms with E-state index in [2.05, 4.69) is 34.6 Å². The number of nitrogens with one attached hydrogen (secondary N) is 2. The predicted octanol–water partition coefficient (Wildman–Crippen LogP) is 4.93. The molecular weight excluding hydrogens is 467 g/mol. The SMILES string of the molecule is CC1(C)OB(C(=Cc2cc(=O)cc[nH]2)CNC(=O)OCC2c3ccccc3-c3ccccc32)OC1(C)C. The lowest BCUT2D eigenvalue weighted by Gasteiger charge is -2.32. The number of amides is 1. The van der Waals surface area contributed by atoms with Gasteiger partial charge in [0.25, 0.3) is 0 Å². The van der Waals surface area contributed by atoms with Crippen LogP contribution in [-0.4, -0.2) is 42.5 Å². The number of aromatic amines is 1. The Bertz CT molecular complexity index is 1350. The number of hydrogen-bond donors (Lipinski definition) is 2. The van der Waals surface area contributed by atoms with Crippen LogP contribution in [-0.2, 0) is 14.0 Å². The number of pyridine rings is 1. The number of rotatable bonds is 6. The van der Waals surface area contributed by atoms with Gasteiger partial charge in [0.1, 0.15) is 6.61 Å². The van der Waals surface area contributed by atoms with Gasteiger partial charge in [0.05, 0.1) is 11.2 Å². The predicted molar refractivity (Wildman–Crippen MR) is 144 cm³/mol. The minimum atomic E-state index is -0.692. The molecule has 2 aliphatic rings. The third kappa shape index (κ3) is 4.99. The number of H-pyrrole nitrogens is 1. The molecular formula is C29H31BN2O5. The Labute approximate surface area is 217 Å². The van der Waals surface area contributed by atoms with E-state index in [1.165, 1.54) is 23.3 Å². The summed E-state index contributed by atoms with van der Waals surface area (Å²) in [4.78, 5) is 27.7. The van der Waals surface area contributed by atoms with Gasteiger partial charge in [-0.05, 0) is 61.5 Å². The van der Waals surface area contributed by atoms with Gasteiger partial charge in [0.2, 0.25) is 0 Å². The molecule has 3 aromatic rings. The van der Waals surface area contributed by atoms with Gasteiger partial charge in [0.15, 0.2) is 5.43 Å². The summed E-state index contributed by atoms with van der Waals surface area (Å²) in [5, 5.41) is 2.84. The van der Waals surface area contributed by atoms with Crippen LogP contribution in [0.5, 0.6) is 0 Å². The van der Waals surface area contributed by atoms with Crippen LogP contribution >= 0.6 is 0 Å². The van der Waals surface area contributed by atoms with Gasteiger partial charge in [0, 0.05) is 36.5 Å². The highest BCUT2D eigenvalue weighted by atomic mass is 16.7. The van der Waals surface area contributed by atoms with Crippen LogP contribution in [0.25, 0.3) is 17.2 Å². The van der Waals surface area contributed by atoms with Gasteiger partial charge in [-0.1, -0.05) is 48.5 Å². The third-order valence-corrected chi connectivity index (χ3v) is 7.47. The maximum atomic E-state index is 12.8. The Morgan fingerprint density at radius 1 is 1.00 bits per heavy atom. The average Bonchev–Trinajstić information content (AvgIpc) is 3.29. The van der Waals surface area contributed by atoms with Crippen LogP contribution in [0.1, 0.15) is 50.4 Å². The highest BCUT2D eigenvalue weighted by Gasteiger charge is 2.52. The number of fused-ring (bicyclic) bond motifs is 3. The van der Waals surface area contributed by atoms with Gasteiger partial charge < -0.3 is 24.3 Å². The summed E-state index contributed by atoms with van der Waals surface area (Å²) < 4.78 is 18.1. The summed E-state index contributed by atoms with van der Waals surface area (Å²) in [6.07, 6.45) is 2.81. The zero-order valence-electron chi connectivity index (χ0n) is 21.5. The summed E-state index contributed by atoms with van der Waals surface area (Å²) in [6, 6.07) is 19.4. The molecule has 0 unspecified atom stereocenters. The molecule has 190 valence electrons. The van der Waals surface area contributed by atoms with Gasteiger partial charge in [-0.2, -0.15) is 0 Å². The summed E-state index contributed by atoms with van der Waals surface area (Å²) in [7, 11) is -0.692. The Balaban J connectivity index is 1.30. The summed E-state index contributed by atoms with van der Waals surface area (Å²) in [5.41, 5.74) is 4.69. The first kappa shape index (κ1) is 25.1. The first-order chi connectivity index (χ1) is 17.6. The molecule has 1 aromatic heterocycles. The van der Waals surface area contributed by atoms with Crippen LogP contribution in [0.3, 0.4) is 0 Å². The minimum absolute atomic E-state index is 0.0225. The summed E-state index contributed by atoms with van der Waals surface area (Å²) >= 11 is 0. The van der Waals surface area contributed by atoms with E-state index in [9.17, 15) is 9.59 Å². The van der Waals surface area contributed by atoms with E-state index in [0.717, 1.165) is 11.1 Å². The first-order valence-corrected chi connectivity index (χ1v) is 12.5. The quantitative estimate of drug-likeness (QED) is 0.471. The number of benzene rings is 2. The first-order valence-electron chi connectivity index (χ1n) is 12.5. The molecule has 2 N–H and O–H groups in total. The van der Waals surface area contributed by atoms with Gasteiger partial charge in [-0.15, -0.1) is 0 Å². The molecule has 1 amide bonds. The monoisotopic (exact) mass is 498 g/mol. The number of aromatic nitrogens is 1. The molecule has 5 rings (SSSR count). The van der Waals surface area contributed by atoms with Crippen LogP contribution in [0.15, 0.2) is 77.1 Å². The second kappa shape index (κ2) is 9.69. The highest BCUT2D eigenvalue weighted by molar-refractivity contribution is 6.56. The maximum absolute atomic E-state index is 12.8. The fourth-order valence-electron chi connectivity index (χ4n) is 4.77. The summed E-state index contributed by atoms with van der Waals surface area (Å²) in [6.45, 7) is 8.22. The van der Waals surface area contributed by atoms with Crippen molar-refractivity contribution >= 4 is 19.3 Å². The molecule has 7 nitrogen and oxygen atoms in total. The Morgan fingerprint density at radius 2 is 1.59 bits per heavy atom. The molecule has 2 heterocycles. The lowest BCUT2D eigenvalue weighted by molar-refractivity contribution is 0.00578. The van der Waals surface area contributed by atoms with Crippen molar-refractivity contribution in [2.75, 3.05) is 13.2 Å². The fourth-order valence-corrected chi connectivity index (χ4v) is 4.77. The van der Waals surface area contributed by atoms with Crippen molar-refractivity contribution in [2.45, 2.75) is 44.8 Å². The number of alkyl carbamates (subject to hydrolysis) is 1. The molecule has 37 heavy (non-hydrogen) atoms. The molecule has 0 bridgehead atoms. The van der Waals surface area contributed by atoms with E-state index in [1.54, 1.807) is 12.3 Å². The van der Waals surface area contributed by atoms with E-state index in [0.29, 0.717) is 11.2 Å². The fraction of sp³-hybridized carbons (Fsp3) is 0.310. The zero-order valence-corrected chi connectivity index (χ0v) is 21.5. The van der Waals surface area contributed by atoms with E-state index >= 15 is 0 Å². The van der Waals surface area contributed by atoms with E-state index in [-0.39, 0.29) is 24.5 Å². The molecule has 1 aliphatic heterocycles. The van der Waals surface area contributed by atoms with Crippen molar-refractivity contribution in [1.29, 1.82) is 0 Å². The number of ether oxygens (including phenoxy) is 1. The van der Waals surface area contributed by atoms with Crippen molar-refractivity contribution in [1.82, 2.24) is 10.3 Å². The normalized spacial score (nSPS) is 17.8. The Kier molecular flexibility index (Phi) is 6.56. The Morgan fingerprint density at radius 3 is 2.19 bits per heavy atom. The van der Waals surface area contributed by atoms with Gasteiger partial charge in [-0.3, -0.25) is 4.79 Å². The molecule has 8 heteroatoms. The van der Waals surface area contributed by atoms with Crippen molar-refractivity contribution in [2.24, 2.45) is 0 Å². The van der Waals surface area contributed by atoms with Crippen molar-refractivity contribution in [3.63, 3.8) is 0 Å². The zero-order chi connectivity index (χ0) is 26.2. The van der Waals surface area contributed by atoms with Crippen molar-refractivity contribution in [3.05, 3.63) is 99.4 Å². The smallest absolute Gasteiger partial charge is 0.449 e. The number of hydrogen-bond acceptors (Lipinski definition) is 5. The van der Waals surface area contributed by atoms with E-state index in [4.69, 9.17) is 14.0 Å². The molecule has 0 radical (unpaired) electrons. The largest absolute Gasteiger partial charge is 0.492 e. The summed E-state index contributed by atoms with van der Waals surface area (Å²) in [5.74, 6) is -0.0225. The molecule has 2 aromatic carbocycles. The number of carbonyl (C=O) groups excluding carboxylic acids is 1. The second-order valence-corrected chi connectivity index (χ2v) is 10.5. The standard InChI is InChI=1S/C29H31BN2O5/c1-28(2)29(3,4)37-30(36-28)19(15-20-16-21(33)13-14-31-20)17-32-27(34)35-18-26-24-11-7-5-9-22(24)23-10-6-8-12-25(23)26/h5-16,26H,17-18H2,1-4H3,(H,31,33)(H,32,34). The van der Waals surface area contributed by atoms with Crippen LogP contribution in [0.2, 0.25) is 0 Å². The third-order valence-electron chi connectivity index (χ3n) is 7.47. The van der Waals surface area contributed by atoms with Crippen molar-refractivity contribution < 1.29 is 18.8 Å². The maximum Gasteiger partial charge on any atom is 0.492 e. The van der Waals surface area contributed by atoms with Crippen LogP contribution in [0, 0.1) is 0 Å². The van der Waals surface area contributed by atoms with Crippen LogP contribution < -0.4 is 10.7 Å². The van der Waals surface area contributed by atoms with Crippen molar-refractivity contribution in [3.8, 4) is 11.1 Å². The highest BCUT2D eigenvalue weighted by Crippen LogP contribution is 2.44. The van der Waals surface area contributed by atoms with E-state index < -0.39 is 24.4 Å². The minimum Gasteiger partial charge on any atom is -0.449 e. The molecule has 0 atom stereocenters. The lowest BCUT2D eigenvalue weighted by atomic mass is 9.77. The molecule has 1 aliphatic carbocycles. The average molecular weight is 498 g/mol. The molecule has 1 saturated heterocycles. The second-order valence-electron chi connectivity index (χ2n) is 10.5. The molecule has 0 saturated carbocycles. The Hall–Kier alpha value is -3.62. The molecule has 0 spiro atoms. The molecule has 1 fully saturated rings. The number of carbonyl (C=O) groups is 1. The van der Waals surface area contributed by atoms with Gasteiger partial charge in [-0.25, -0.2) is 4.79 Å². The van der Waals surface area contributed by atoms with Gasteiger partial charge >= 0.3 is 13.2 Å². The van der Waals surface area contributed by atoms with E-state index in [1.807, 2.05) is 52.0 Å². The van der Waals surface area contributed by atoms with Crippen LogP contribution in [0.4, 0.5) is 4.79 Å². The lowest BCUT2D eigenvalue weighted by Crippen LogP contribution is -2.41. The topological polar surface area (TPSA) is 89.7 Å².